The summed E-state index contributed by atoms with van der Waals surface area (Å²) in [4.78, 5) is 15.4. The van der Waals surface area contributed by atoms with Crippen molar-refractivity contribution in [1.29, 1.82) is 0 Å². The molecule has 0 unspecified atom stereocenters. The van der Waals surface area contributed by atoms with Crippen LogP contribution in [0, 0.1) is 14.9 Å². The van der Waals surface area contributed by atoms with Crippen LogP contribution < -0.4 is 0 Å². The van der Waals surface area contributed by atoms with Crippen LogP contribution in [0.1, 0.15) is 45.3 Å². The number of halogens is 1. The van der Waals surface area contributed by atoms with Gasteiger partial charge in [-0.25, -0.2) is 0 Å². The molecule has 1 N–H and O–H groups in total. The molecule has 164 valence electrons. The Labute approximate surface area is 195 Å². The molecule has 2 aliphatic rings. The molecule has 1 heterocycles. The Morgan fingerprint density at radius 1 is 1.23 bits per heavy atom. The van der Waals surface area contributed by atoms with E-state index < -0.39 is 32.0 Å². The molecule has 0 spiro atoms. The Morgan fingerprint density at radius 3 is 2.40 bits per heavy atom. The van der Waals surface area contributed by atoms with Gasteiger partial charge in [0.05, 0.1) is 6.10 Å². The maximum absolute atomic E-state index is 13.9. The lowest BCUT2D eigenvalue weighted by Crippen LogP contribution is -2.50. The summed E-state index contributed by atoms with van der Waals surface area (Å²) in [5, 5.41) is 11.1. The number of carbonyl (C=O) groups excluding carboxylic acids is 1. The molecule has 1 aromatic carbocycles. The Morgan fingerprint density at radius 2 is 1.83 bits per heavy atom. The van der Waals surface area contributed by atoms with Gasteiger partial charge < -0.3 is 14.4 Å². The van der Waals surface area contributed by atoms with Crippen molar-refractivity contribution in [2.45, 2.75) is 64.1 Å². The van der Waals surface area contributed by atoms with E-state index in [0.717, 1.165) is 44.8 Å². The second-order valence-corrected chi connectivity index (χ2v) is 14.6. The Kier molecular flexibility index (Phi) is 7.01. The monoisotopic (exact) mass is 539 g/mol. The van der Waals surface area contributed by atoms with Crippen LogP contribution in [0.5, 0.6) is 0 Å². The molecule has 1 aliphatic carbocycles. The number of aliphatic hydroxyl groups is 1. The third-order valence-electron chi connectivity index (χ3n) is 7.53. The van der Waals surface area contributed by atoms with Gasteiger partial charge in [-0.05, 0) is 65.2 Å². The van der Waals surface area contributed by atoms with Gasteiger partial charge in [0.1, 0.15) is 11.6 Å². The number of fused-ring (bicyclic) bond motifs is 1. The number of carbonyl (C=O) groups is 1. The van der Waals surface area contributed by atoms with E-state index >= 15 is 0 Å². The van der Waals surface area contributed by atoms with Crippen molar-refractivity contribution in [3.8, 4) is 0 Å². The molecule has 4 atom stereocenters. The summed E-state index contributed by atoms with van der Waals surface area (Å²) in [6, 6.07) is 11.1. The summed E-state index contributed by atoms with van der Waals surface area (Å²) in [6.45, 7) is 15.3. The summed E-state index contributed by atoms with van der Waals surface area (Å²) in [5.74, 6) is -0.503. The molecule has 2 fully saturated rings. The van der Waals surface area contributed by atoms with Crippen LogP contribution in [0.4, 0.5) is 0 Å². The molecule has 1 aliphatic heterocycles. The fraction of sp³-hybridized carbons (Fsp3) is 0.542. The van der Waals surface area contributed by atoms with Gasteiger partial charge in [0.25, 0.3) is 0 Å². The van der Waals surface area contributed by atoms with Crippen molar-refractivity contribution < 1.29 is 14.3 Å². The molecule has 0 bridgehead atoms. The smallest absolute Gasteiger partial charge is 0.238 e. The number of nitrogens with zero attached hydrogens (tertiary/aromatic N) is 1. The van der Waals surface area contributed by atoms with Crippen molar-refractivity contribution in [2.75, 3.05) is 7.05 Å². The van der Waals surface area contributed by atoms with Crippen molar-refractivity contribution in [3.63, 3.8) is 0 Å². The number of aliphatic hydroxyl groups excluding tert-OH is 1. The van der Waals surface area contributed by atoms with Gasteiger partial charge >= 0.3 is 0 Å². The molecule has 4 nitrogen and oxygen atoms in total. The van der Waals surface area contributed by atoms with Crippen LogP contribution in [0.2, 0.25) is 18.1 Å². The normalized spacial score (nSPS) is 28.1. The highest BCUT2D eigenvalue weighted by Gasteiger charge is 2.66. The fourth-order valence-electron chi connectivity index (χ4n) is 5.38. The third kappa shape index (κ3) is 3.44. The van der Waals surface area contributed by atoms with E-state index in [1.54, 1.807) is 7.05 Å². The third-order valence-corrected chi connectivity index (χ3v) is 13.1. The maximum atomic E-state index is 13.9. The zero-order valence-electron chi connectivity index (χ0n) is 18.6. The van der Waals surface area contributed by atoms with Gasteiger partial charge in [-0.2, -0.15) is 0 Å². The second-order valence-electron chi connectivity index (χ2n) is 8.70. The lowest BCUT2D eigenvalue weighted by molar-refractivity contribution is -0.140. The van der Waals surface area contributed by atoms with E-state index in [4.69, 9.17) is 4.43 Å². The fourth-order valence-corrected chi connectivity index (χ4v) is 8.86. The minimum Gasteiger partial charge on any atom is -0.408 e. The summed E-state index contributed by atoms with van der Waals surface area (Å²) in [5.41, 5.74) is 1.79. The van der Waals surface area contributed by atoms with E-state index in [1.807, 2.05) is 12.1 Å². The van der Waals surface area contributed by atoms with Crippen molar-refractivity contribution >= 4 is 36.8 Å². The lowest BCUT2D eigenvalue weighted by atomic mass is 9.59. The number of hydrogen-bond donors (Lipinski definition) is 1. The molecule has 0 radical (unpaired) electrons. The molecule has 30 heavy (non-hydrogen) atoms. The van der Waals surface area contributed by atoms with Gasteiger partial charge in [-0.15, -0.1) is 0 Å². The van der Waals surface area contributed by atoms with Crippen molar-refractivity contribution in [2.24, 2.45) is 11.3 Å². The number of benzene rings is 1. The van der Waals surface area contributed by atoms with Crippen LogP contribution in [0.15, 0.2) is 48.6 Å². The number of amides is 1. The average molecular weight is 540 g/mol. The summed E-state index contributed by atoms with van der Waals surface area (Å²) < 4.78 is 8.23. The van der Waals surface area contributed by atoms with Crippen LogP contribution in [-0.2, 0) is 9.22 Å². The average Bonchev–Trinajstić information content (AvgIpc) is 2.96. The Balaban J connectivity index is 2.30. The molecule has 3 rings (SSSR count). The van der Waals surface area contributed by atoms with Crippen LogP contribution >= 0.6 is 22.6 Å². The van der Waals surface area contributed by atoms with E-state index in [2.05, 4.69) is 68.7 Å². The van der Waals surface area contributed by atoms with Crippen LogP contribution in [0.25, 0.3) is 0 Å². The SMILES string of the molecule is C=C1CCC(=C)[C@]2([C@H](O[Si](CC)(CC)CC)c3ccccc3I)C(=O)N(C)[C@@H](O)[C@H]12. The topological polar surface area (TPSA) is 49.8 Å². The van der Waals surface area contributed by atoms with Gasteiger partial charge in [-0.1, -0.05) is 63.3 Å². The van der Waals surface area contributed by atoms with Crippen molar-refractivity contribution in [3.05, 3.63) is 57.7 Å². The first-order valence-corrected chi connectivity index (χ1v) is 14.5. The molecular formula is C24H34INO3Si. The van der Waals surface area contributed by atoms with E-state index in [-0.39, 0.29) is 5.91 Å². The number of likely N-dealkylation sites (tertiary alicyclic amines) is 1. The van der Waals surface area contributed by atoms with Crippen molar-refractivity contribution in [1.82, 2.24) is 4.90 Å². The standard InChI is InChI=1S/C24H34INO3Si/c1-7-30(8-2,9-3)29-21(18-12-10-11-13-19(18)25)24-17(5)15-14-16(4)20(24)22(27)26(6)23(24)28/h10-13,20-22,27H,4-5,7-9,14-15H2,1-3,6H3/t20-,21+,22-,24-/m0/s1. The quantitative estimate of drug-likeness (QED) is 0.277. The molecule has 1 aromatic rings. The molecule has 0 aromatic heterocycles. The lowest BCUT2D eigenvalue weighted by Gasteiger charge is -2.48. The highest BCUT2D eigenvalue weighted by Crippen LogP contribution is 2.62. The predicted molar refractivity (Wildman–Crippen MR) is 132 cm³/mol. The molecule has 1 amide bonds. The van der Waals surface area contributed by atoms with E-state index in [9.17, 15) is 9.90 Å². The van der Waals surface area contributed by atoms with Gasteiger partial charge in [-0.3, -0.25) is 4.79 Å². The number of hydrogen-bond acceptors (Lipinski definition) is 3. The maximum Gasteiger partial charge on any atom is 0.238 e. The van der Waals surface area contributed by atoms with Gasteiger partial charge in [0, 0.05) is 16.5 Å². The zero-order chi connectivity index (χ0) is 22.3. The summed E-state index contributed by atoms with van der Waals surface area (Å²) >= 11 is 2.34. The highest BCUT2D eigenvalue weighted by molar-refractivity contribution is 14.1. The van der Waals surface area contributed by atoms with Crippen LogP contribution in [0.3, 0.4) is 0 Å². The van der Waals surface area contributed by atoms with E-state index in [1.165, 1.54) is 4.90 Å². The largest absolute Gasteiger partial charge is 0.408 e. The van der Waals surface area contributed by atoms with Gasteiger partial charge in [0.15, 0.2) is 8.32 Å². The van der Waals surface area contributed by atoms with Crippen LogP contribution in [-0.4, -0.2) is 37.5 Å². The summed E-state index contributed by atoms with van der Waals surface area (Å²) in [7, 11) is -0.402. The van der Waals surface area contributed by atoms with E-state index in [0.29, 0.717) is 6.42 Å². The molecule has 6 heteroatoms. The van der Waals surface area contributed by atoms with Gasteiger partial charge in [0.2, 0.25) is 5.91 Å². The predicted octanol–water partition coefficient (Wildman–Crippen LogP) is 5.65. The summed E-state index contributed by atoms with van der Waals surface area (Å²) in [6.07, 6.45) is 0.0679. The minimum absolute atomic E-state index is 0.0956. The zero-order valence-corrected chi connectivity index (χ0v) is 21.7. The Hall–Kier alpha value is -0.963. The second kappa shape index (κ2) is 8.88. The molecule has 1 saturated carbocycles. The minimum atomic E-state index is -2.09. The Bertz CT molecular complexity index is 844. The molecule has 1 saturated heterocycles. The highest BCUT2D eigenvalue weighted by atomic mass is 127. The molecular weight excluding hydrogens is 505 g/mol. The first kappa shape index (κ1) is 23.7. The first-order chi connectivity index (χ1) is 14.2. The number of rotatable bonds is 7. The first-order valence-electron chi connectivity index (χ1n) is 10.9.